The highest BCUT2D eigenvalue weighted by molar-refractivity contribution is 5.80. The van der Waals surface area contributed by atoms with E-state index in [0.717, 1.165) is 77.0 Å². The minimum absolute atomic E-state index is 0.123. The fourth-order valence-corrected chi connectivity index (χ4v) is 11.0. The lowest BCUT2D eigenvalue weighted by atomic mass is 9.99. The van der Waals surface area contributed by atoms with Gasteiger partial charge in [0.1, 0.15) is 24.4 Å². The molecule has 1 fully saturated rings. The topological polar surface area (TPSA) is 175 Å². The number of nitrogens with one attached hydrogen (secondary N) is 1. The van der Waals surface area contributed by atoms with Gasteiger partial charge >= 0.3 is 5.97 Å². The van der Waals surface area contributed by atoms with E-state index in [2.05, 4.69) is 74.7 Å². The lowest BCUT2D eigenvalue weighted by molar-refractivity contribution is -0.305. The molecule has 0 aromatic rings. The van der Waals surface area contributed by atoms with Crippen LogP contribution in [0.4, 0.5) is 0 Å². The first-order chi connectivity index (χ1) is 41.2. The van der Waals surface area contributed by atoms with Crippen LogP contribution in [0.3, 0.4) is 0 Å². The molecule has 0 saturated carbocycles. The normalized spacial score (nSPS) is 18.8. The number of esters is 1. The van der Waals surface area contributed by atoms with E-state index >= 15 is 0 Å². The molecule has 11 nitrogen and oxygen atoms in total. The molecule has 0 aromatic carbocycles. The summed E-state index contributed by atoms with van der Waals surface area (Å²) in [7, 11) is 0. The van der Waals surface area contributed by atoms with Gasteiger partial charge in [0.25, 0.3) is 0 Å². The van der Waals surface area contributed by atoms with Crippen LogP contribution >= 0.6 is 0 Å². The number of hydrogen-bond donors (Lipinski definition) is 6. The van der Waals surface area contributed by atoms with E-state index in [1.54, 1.807) is 6.08 Å². The van der Waals surface area contributed by atoms with Crippen LogP contribution in [0.2, 0.25) is 0 Å². The Balaban J connectivity index is 2.59. The molecule has 1 aliphatic heterocycles. The highest BCUT2D eigenvalue weighted by Gasteiger charge is 2.47. The third-order valence-electron chi connectivity index (χ3n) is 16.6. The summed E-state index contributed by atoms with van der Waals surface area (Å²) >= 11 is 0. The number of aliphatic hydroxyl groups excluding tert-OH is 5. The number of rotatable bonds is 61. The first-order valence-corrected chi connectivity index (χ1v) is 35.6. The van der Waals surface area contributed by atoms with Gasteiger partial charge in [0, 0.05) is 6.42 Å². The first-order valence-electron chi connectivity index (χ1n) is 35.6. The van der Waals surface area contributed by atoms with Crippen molar-refractivity contribution in [2.45, 2.75) is 378 Å². The molecule has 0 aromatic heterocycles. The fourth-order valence-electron chi connectivity index (χ4n) is 11.0. The third-order valence-corrected chi connectivity index (χ3v) is 16.6. The highest BCUT2D eigenvalue weighted by atomic mass is 16.7. The molecule has 11 heteroatoms. The summed E-state index contributed by atoms with van der Waals surface area (Å²) in [6.45, 7) is 5.79. The number of amides is 1. The van der Waals surface area contributed by atoms with Crippen LogP contribution in [-0.4, -0.2) is 99.6 Å². The predicted octanol–water partition coefficient (Wildman–Crippen LogP) is 18.1. The molecule has 1 rings (SSSR count). The molecular formula is C73H133NO10. The van der Waals surface area contributed by atoms with Crippen molar-refractivity contribution in [3.63, 3.8) is 0 Å². The van der Waals surface area contributed by atoms with Gasteiger partial charge in [-0.25, -0.2) is 0 Å². The molecule has 0 bridgehead atoms. The van der Waals surface area contributed by atoms with Gasteiger partial charge in [0.15, 0.2) is 12.4 Å². The summed E-state index contributed by atoms with van der Waals surface area (Å²) < 4.78 is 17.7. The number of unbranched alkanes of at least 4 members (excludes halogenated alkanes) is 39. The van der Waals surface area contributed by atoms with Crippen LogP contribution in [0, 0.1) is 0 Å². The fraction of sp³-hybridized carbons (Fsp3) is 0.836. The molecule has 0 radical (unpaired) electrons. The molecule has 0 spiro atoms. The van der Waals surface area contributed by atoms with Gasteiger partial charge in [0.05, 0.1) is 25.4 Å². The van der Waals surface area contributed by atoms with Crippen molar-refractivity contribution in [2.75, 3.05) is 13.2 Å². The highest BCUT2D eigenvalue weighted by Crippen LogP contribution is 2.26. The van der Waals surface area contributed by atoms with Gasteiger partial charge in [-0.15, -0.1) is 0 Å². The maximum atomic E-state index is 13.5. The Morgan fingerprint density at radius 2 is 0.821 bits per heavy atom. The second-order valence-corrected chi connectivity index (χ2v) is 24.6. The minimum Gasteiger partial charge on any atom is -0.454 e. The standard InChI is InChI=1S/C73H133NO10/c1-4-7-10-13-16-19-22-25-27-29-31-33-35-36-38-40-42-45-48-51-54-57-60-66(77)72(81)74-64(65(76)59-56-53-50-47-44-24-21-18-15-12-9-6-3)63-82-73-71(70(80)69(79)67(62-75)83-73)84-68(78)61-58-55-52-49-46-43-41-39-37-34-32-30-28-26-23-20-17-14-11-8-5-2/h16,19,25-28,31,33,56,59,64-67,69-71,73,75-77,79-80H,4-15,17-18,20-24,29-30,32,34-55,57-58,60-63H2,1-3H3,(H,74,81)/b19-16-,27-25-,28-26+,33-31-,59-56+. The van der Waals surface area contributed by atoms with E-state index in [4.69, 9.17) is 14.2 Å². The van der Waals surface area contributed by atoms with Crippen LogP contribution in [0.25, 0.3) is 0 Å². The van der Waals surface area contributed by atoms with Gasteiger partial charge in [-0.05, 0) is 89.9 Å². The van der Waals surface area contributed by atoms with E-state index in [1.807, 2.05) is 6.08 Å². The second kappa shape index (κ2) is 60.6. The summed E-state index contributed by atoms with van der Waals surface area (Å²) in [5.74, 6) is -1.19. The van der Waals surface area contributed by atoms with Gasteiger partial charge in [0.2, 0.25) is 5.91 Å². The van der Waals surface area contributed by atoms with Crippen LogP contribution in [0.1, 0.15) is 329 Å². The van der Waals surface area contributed by atoms with Crippen LogP contribution in [-0.2, 0) is 23.8 Å². The summed E-state index contributed by atoms with van der Waals surface area (Å²) in [5.41, 5.74) is 0. The van der Waals surface area contributed by atoms with Crippen molar-refractivity contribution >= 4 is 11.9 Å². The SMILES string of the molecule is CCCCC/C=C\C/C=C\C/C=C\CCCCCCCCCCCC(O)C(=O)NC(COC1OC(CO)C(O)C(O)C1OC(=O)CCCCCCCCCCCCC/C=C/CCCCCCCC)C(O)/C=C/CCCCCCCCCCCC. The van der Waals surface area contributed by atoms with E-state index in [1.165, 1.54) is 205 Å². The number of ether oxygens (including phenoxy) is 3. The molecule has 1 heterocycles. The van der Waals surface area contributed by atoms with Gasteiger partial charge in [-0.3, -0.25) is 9.59 Å². The average Bonchev–Trinajstić information content (AvgIpc) is 3.55. The summed E-state index contributed by atoms with van der Waals surface area (Å²) in [5, 5.41) is 57.2. The number of allylic oxidation sites excluding steroid dienone is 9. The van der Waals surface area contributed by atoms with Gasteiger partial charge in [-0.1, -0.05) is 293 Å². The van der Waals surface area contributed by atoms with E-state index in [-0.39, 0.29) is 19.4 Å². The maximum absolute atomic E-state index is 13.5. The summed E-state index contributed by atoms with van der Waals surface area (Å²) in [6, 6.07) is -1.03. The van der Waals surface area contributed by atoms with Crippen LogP contribution < -0.4 is 5.32 Å². The molecule has 1 saturated heterocycles. The lowest BCUT2D eigenvalue weighted by Gasteiger charge is -2.41. The van der Waals surface area contributed by atoms with E-state index in [9.17, 15) is 35.1 Å². The minimum atomic E-state index is -1.62. The molecule has 84 heavy (non-hydrogen) atoms. The third kappa shape index (κ3) is 47.4. The van der Waals surface area contributed by atoms with Crippen LogP contribution in [0.5, 0.6) is 0 Å². The molecule has 6 N–H and O–H groups in total. The van der Waals surface area contributed by atoms with Crippen molar-refractivity contribution in [1.29, 1.82) is 0 Å². The van der Waals surface area contributed by atoms with Crippen molar-refractivity contribution in [2.24, 2.45) is 0 Å². The monoisotopic (exact) mass is 1180 g/mol. The largest absolute Gasteiger partial charge is 0.454 e. The van der Waals surface area contributed by atoms with Crippen molar-refractivity contribution < 1.29 is 49.3 Å². The first kappa shape index (κ1) is 79.4. The Hall–Kier alpha value is -2.64. The lowest BCUT2D eigenvalue weighted by Crippen LogP contribution is -2.61. The number of hydrogen-bond acceptors (Lipinski definition) is 10. The number of aliphatic hydroxyl groups is 5. The predicted molar refractivity (Wildman–Crippen MR) is 352 cm³/mol. The number of carbonyl (C=O) groups excluding carboxylic acids is 2. The Morgan fingerprint density at radius 1 is 0.464 bits per heavy atom. The second-order valence-electron chi connectivity index (χ2n) is 24.6. The molecular weight excluding hydrogens is 1050 g/mol. The smallest absolute Gasteiger partial charge is 0.306 e. The van der Waals surface area contributed by atoms with Crippen molar-refractivity contribution in [3.05, 3.63) is 60.8 Å². The van der Waals surface area contributed by atoms with Crippen molar-refractivity contribution in [1.82, 2.24) is 5.32 Å². The molecule has 1 aliphatic rings. The molecule has 490 valence electrons. The average molecular weight is 1180 g/mol. The Bertz CT molecular complexity index is 1600. The van der Waals surface area contributed by atoms with Gasteiger partial charge < -0.3 is 45.1 Å². The zero-order valence-electron chi connectivity index (χ0n) is 54.5. The van der Waals surface area contributed by atoms with E-state index < -0.39 is 67.4 Å². The summed E-state index contributed by atoms with van der Waals surface area (Å²) in [6.07, 6.45) is 66.8. The Labute approximate surface area is 516 Å². The molecule has 1 amide bonds. The zero-order valence-corrected chi connectivity index (χ0v) is 54.5. The van der Waals surface area contributed by atoms with Crippen molar-refractivity contribution in [3.8, 4) is 0 Å². The van der Waals surface area contributed by atoms with Gasteiger partial charge in [-0.2, -0.15) is 0 Å². The van der Waals surface area contributed by atoms with Crippen LogP contribution in [0.15, 0.2) is 60.8 Å². The Morgan fingerprint density at radius 3 is 1.26 bits per heavy atom. The molecule has 8 atom stereocenters. The Kier molecular flexibility index (Phi) is 57.3. The number of carbonyl (C=O) groups is 2. The summed E-state index contributed by atoms with van der Waals surface area (Å²) in [4.78, 5) is 26.7. The molecule has 8 unspecified atom stereocenters. The van der Waals surface area contributed by atoms with E-state index in [0.29, 0.717) is 12.8 Å². The quantitative estimate of drug-likeness (QED) is 0.0195. The maximum Gasteiger partial charge on any atom is 0.306 e. The molecule has 0 aliphatic carbocycles. The zero-order chi connectivity index (χ0) is 61.0.